The Morgan fingerprint density at radius 2 is 1.84 bits per heavy atom. The molecule has 2 aromatic carbocycles. The Kier molecular flexibility index (Phi) is 3.93. The summed E-state index contributed by atoms with van der Waals surface area (Å²) in [7, 11) is 1.60. The molecule has 1 amide bonds. The Morgan fingerprint density at radius 3 is 2.52 bits per heavy atom. The van der Waals surface area contributed by atoms with Crippen molar-refractivity contribution in [2.45, 2.75) is 5.92 Å². The van der Waals surface area contributed by atoms with E-state index in [-0.39, 0.29) is 11.8 Å². The van der Waals surface area contributed by atoms with Gasteiger partial charge in [-0.3, -0.25) is 4.79 Å². The highest BCUT2D eigenvalue weighted by molar-refractivity contribution is 5.95. The molecule has 0 bridgehead atoms. The van der Waals surface area contributed by atoms with Crippen LogP contribution < -0.4 is 4.74 Å². The summed E-state index contributed by atoms with van der Waals surface area (Å²) in [6.07, 6.45) is 0. The number of rotatable bonds is 4. The minimum Gasteiger partial charge on any atom is -0.497 e. The summed E-state index contributed by atoms with van der Waals surface area (Å²) >= 11 is 0. The van der Waals surface area contributed by atoms with Crippen LogP contribution in [-0.4, -0.2) is 41.1 Å². The second-order valence-electron chi connectivity index (χ2n) is 5.96. The smallest absolute Gasteiger partial charge is 0.253 e. The summed E-state index contributed by atoms with van der Waals surface area (Å²) in [5.41, 5.74) is 1.57. The molecule has 1 aromatic heterocycles. The second kappa shape index (κ2) is 6.39. The molecule has 0 aliphatic carbocycles. The number of methoxy groups -OCH3 is 1. The Balaban J connectivity index is 1.40. The fourth-order valence-corrected chi connectivity index (χ4v) is 2.82. The van der Waals surface area contributed by atoms with Crippen LogP contribution in [0, 0.1) is 0 Å². The van der Waals surface area contributed by atoms with Gasteiger partial charge in [0, 0.05) is 24.2 Å². The van der Waals surface area contributed by atoms with Gasteiger partial charge in [0.1, 0.15) is 5.75 Å². The monoisotopic (exact) mass is 335 g/mol. The molecular weight excluding hydrogens is 318 g/mol. The topological polar surface area (TPSA) is 68.5 Å². The number of hydrogen-bond donors (Lipinski definition) is 0. The van der Waals surface area contributed by atoms with Crippen LogP contribution in [-0.2, 0) is 0 Å². The van der Waals surface area contributed by atoms with Crippen LogP contribution in [0.5, 0.6) is 5.75 Å². The third kappa shape index (κ3) is 2.98. The first-order valence-electron chi connectivity index (χ1n) is 8.07. The van der Waals surface area contributed by atoms with Crippen LogP contribution in [0.1, 0.15) is 22.2 Å². The summed E-state index contributed by atoms with van der Waals surface area (Å²) in [5, 5.41) is 4.03. The average Bonchev–Trinajstić information content (AvgIpc) is 3.11. The summed E-state index contributed by atoms with van der Waals surface area (Å²) in [5.74, 6) is 1.99. The van der Waals surface area contributed by atoms with E-state index in [1.807, 2.05) is 30.3 Å². The lowest BCUT2D eigenvalue weighted by atomic mass is 9.98. The van der Waals surface area contributed by atoms with Crippen molar-refractivity contribution in [2.24, 2.45) is 0 Å². The van der Waals surface area contributed by atoms with E-state index in [9.17, 15) is 4.79 Å². The van der Waals surface area contributed by atoms with E-state index in [0.29, 0.717) is 30.4 Å². The van der Waals surface area contributed by atoms with Gasteiger partial charge in [0.25, 0.3) is 5.91 Å². The van der Waals surface area contributed by atoms with Gasteiger partial charge in [0.15, 0.2) is 0 Å². The fourth-order valence-electron chi connectivity index (χ4n) is 2.82. The fraction of sp³-hybridized carbons (Fsp3) is 0.211. The van der Waals surface area contributed by atoms with Crippen LogP contribution in [0.15, 0.2) is 59.1 Å². The van der Waals surface area contributed by atoms with Crippen LogP contribution in [0.25, 0.3) is 11.4 Å². The van der Waals surface area contributed by atoms with E-state index in [4.69, 9.17) is 9.26 Å². The van der Waals surface area contributed by atoms with Crippen LogP contribution in [0.3, 0.4) is 0 Å². The molecule has 1 fully saturated rings. The molecule has 6 heteroatoms. The van der Waals surface area contributed by atoms with Gasteiger partial charge in [0.05, 0.1) is 13.0 Å². The zero-order valence-corrected chi connectivity index (χ0v) is 13.8. The molecule has 0 atom stereocenters. The molecule has 4 rings (SSSR count). The van der Waals surface area contributed by atoms with Crippen molar-refractivity contribution in [3.05, 3.63) is 66.1 Å². The van der Waals surface area contributed by atoms with Gasteiger partial charge < -0.3 is 14.2 Å². The SMILES string of the molecule is COc1ccc(C(=O)N2CC(c3nc(-c4ccccc4)no3)C2)cc1. The zero-order valence-electron chi connectivity index (χ0n) is 13.8. The lowest BCUT2D eigenvalue weighted by Crippen LogP contribution is -2.48. The van der Waals surface area contributed by atoms with Crippen LogP contribution in [0.4, 0.5) is 0 Å². The number of hydrogen-bond acceptors (Lipinski definition) is 5. The Morgan fingerprint density at radius 1 is 1.12 bits per heavy atom. The number of carbonyl (C=O) groups excluding carboxylic acids is 1. The Hall–Kier alpha value is -3.15. The molecule has 6 nitrogen and oxygen atoms in total. The van der Waals surface area contributed by atoms with E-state index in [1.54, 1.807) is 36.3 Å². The van der Waals surface area contributed by atoms with Gasteiger partial charge in [0.2, 0.25) is 11.7 Å². The summed E-state index contributed by atoms with van der Waals surface area (Å²) in [6, 6.07) is 16.8. The van der Waals surface area contributed by atoms with Gasteiger partial charge in [-0.2, -0.15) is 4.98 Å². The van der Waals surface area contributed by atoms with E-state index in [2.05, 4.69) is 10.1 Å². The molecule has 3 aromatic rings. The van der Waals surface area contributed by atoms with Gasteiger partial charge >= 0.3 is 0 Å². The molecule has 0 saturated carbocycles. The maximum Gasteiger partial charge on any atom is 0.253 e. The first-order chi connectivity index (χ1) is 12.2. The zero-order chi connectivity index (χ0) is 17.2. The Bertz CT molecular complexity index is 868. The highest BCUT2D eigenvalue weighted by Gasteiger charge is 2.36. The number of likely N-dealkylation sites (tertiary alicyclic amines) is 1. The normalized spacial score (nSPS) is 14.2. The van der Waals surface area contributed by atoms with E-state index in [0.717, 1.165) is 11.3 Å². The largest absolute Gasteiger partial charge is 0.497 e. The number of nitrogens with zero attached hydrogens (tertiary/aromatic N) is 3. The predicted molar refractivity (Wildman–Crippen MR) is 91.4 cm³/mol. The molecule has 0 spiro atoms. The maximum atomic E-state index is 12.4. The van der Waals surface area contributed by atoms with Crippen molar-refractivity contribution in [1.82, 2.24) is 15.0 Å². The third-order valence-electron chi connectivity index (χ3n) is 4.33. The minimum absolute atomic E-state index is 0.00158. The Labute approximate surface area is 145 Å². The number of ether oxygens (including phenoxy) is 1. The standard InChI is InChI=1S/C19H17N3O3/c1-24-16-9-7-14(8-10-16)19(23)22-11-15(12-22)18-20-17(21-25-18)13-5-3-2-4-6-13/h2-10,15H,11-12H2,1H3. The summed E-state index contributed by atoms with van der Waals surface area (Å²) in [6.45, 7) is 1.17. The molecule has 0 unspecified atom stereocenters. The third-order valence-corrected chi connectivity index (χ3v) is 4.33. The molecule has 0 radical (unpaired) electrons. The first-order valence-corrected chi connectivity index (χ1v) is 8.07. The molecule has 0 N–H and O–H groups in total. The molecule has 1 saturated heterocycles. The van der Waals surface area contributed by atoms with Crippen LogP contribution >= 0.6 is 0 Å². The molecule has 2 heterocycles. The van der Waals surface area contributed by atoms with Crippen molar-refractivity contribution in [1.29, 1.82) is 0 Å². The molecular formula is C19H17N3O3. The van der Waals surface area contributed by atoms with E-state index in [1.165, 1.54) is 0 Å². The summed E-state index contributed by atoms with van der Waals surface area (Å²) < 4.78 is 10.5. The first kappa shape index (κ1) is 15.4. The average molecular weight is 335 g/mol. The molecule has 1 aliphatic heterocycles. The van der Waals surface area contributed by atoms with Gasteiger partial charge in [-0.05, 0) is 24.3 Å². The van der Waals surface area contributed by atoms with Crippen molar-refractivity contribution in [3.8, 4) is 17.1 Å². The quantitative estimate of drug-likeness (QED) is 0.733. The number of carbonyl (C=O) groups is 1. The van der Waals surface area contributed by atoms with Crippen molar-refractivity contribution in [3.63, 3.8) is 0 Å². The maximum absolute atomic E-state index is 12.4. The second-order valence-corrected chi connectivity index (χ2v) is 5.96. The number of benzene rings is 2. The minimum atomic E-state index is 0.00158. The van der Waals surface area contributed by atoms with E-state index >= 15 is 0 Å². The van der Waals surface area contributed by atoms with Gasteiger partial charge in [-0.25, -0.2) is 0 Å². The van der Waals surface area contributed by atoms with Gasteiger partial charge in [-0.1, -0.05) is 35.5 Å². The lowest BCUT2D eigenvalue weighted by Gasteiger charge is -2.37. The lowest BCUT2D eigenvalue weighted by molar-refractivity contribution is 0.0569. The van der Waals surface area contributed by atoms with E-state index < -0.39 is 0 Å². The van der Waals surface area contributed by atoms with Gasteiger partial charge in [-0.15, -0.1) is 0 Å². The van der Waals surface area contributed by atoms with Crippen molar-refractivity contribution in [2.75, 3.05) is 20.2 Å². The molecule has 1 aliphatic rings. The summed E-state index contributed by atoms with van der Waals surface area (Å²) in [4.78, 5) is 18.7. The van der Waals surface area contributed by atoms with Crippen molar-refractivity contribution < 1.29 is 14.1 Å². The van der Waals surface area contributed by atoms with Crippen LogP contribution in [0.2, 0.25) is 0 Å². The molecule has 25 heavy (non-hydrogen) atoms. The number of amides is 1. The number of aromatic nitrogens is 2. The highest BCUT2D eigenvalue weighted by atomic mass is 16.5. The predicted octanol–water partition coefficient (Wildman–Crippen LogP) is 2.98. The highest BCUT2D eigenvalue weighted by Crippen LogP contribution is 2.29. The molecule has 126 valence electrons. The van der Waals surface area contributed by atoms with Crippen molar-refractivity contribution >= 4 is 5.91 Å².